The van der Waals surface area contributed by atoms with Crippen molar-refractivity contribution in [3.63, 3.8) is 0 Å². The predicted molar refractivity (Wildman–Crippen MR) is 95.3 cm³/mol. The maximum atomic E-state index is 5.95. The van der Waals surface area contributed by atoms with Crippen molar-refractivity contribution in [2.45, 2.75) is 25.8 Å². The van der Waals surface area contributed by atoms with Crippen LogP contribution in [0.1, 0.15) is 30.5 Å². The molecule has 0 aromatic heterocycles. The van der Waals surface area contributed by atoms with Crippen LogP contribution in [0.2, 0.25) is 5.02 Å². The number of benzene rings is 2. The lowest BCUT2D eigenvalue weighted by molar-refractivity contribution is 0.529. The van der Waals surface area contributed by atoms with E-state index in [0.717, 1.165) is 24.4 Å². The standard InChI is InChI=1S/C17H19ClIN/c1-2-11-20-17(14-5-9-16(19)10-6-14)12-13-3-7-15(18)8-4-13/h3-10,17,20H,2,11-12H2,1H3. The summed E-state index contributed by atoms with van der Waals surface area (Å²) in [5.74, 6) is 0. The second-order valence-electron chi connectivity index (χ2n) is 4.89. The molecule has 106 valence electrons. The molecule has 1 nitrogen and oxygen atoms in total. The lowest BCUT2D eigenvalue weighted by Crippen LogP contribution is -2.24. The Morgan fingerprint density at radius 3 is 2.30 bits per heavy atom. The Balaban J connectivity index is 2.14. The van der Waals surface area contributed by atoms with Crippen LogP contribution in [0.15, 0.2) is 48.5 Å². The number of hydrogen-bond donors (Lipinski definition) is 1. The first-order valence-electron chi connectivity index (χ1n) is 6.92. The van der Waals surface area contributed by atoms with Gasteiger partial charge in [0.1, 0.15) is 0 Å². The third kappa shape index (κ3) is 4.76. The van der Waals surface area contributed by atoms with Crippen molar-refractivity contribution in [2.75, 3.05) is 6.54 Å². The molecule has 0 saturated heterocycles. The Hall–Kier alpha value is -0.580. The number of halogens is 2. The SMILES string of the molecule is CCCNC(Cc1ccc(Cl)cc1)c1ccc(I)cc1. The van der Waals surface area contributed by atoms with Crippen molar-refractivity contribution >= 4 is 34.2 Å². The first kappa shape index (κ1) is 15.8. The molecular formula is C17H19ClIN. The molecule has 1 N–H and O–H groups in total. The highest BCUT2D eigenvalue weighted by atomic mass is 127. The zero-order valence-corrected chi connectivity index (χ0v) is 14.5. The molecule has 20 heavy (non-hydrogen) atoms. The largest absolute Gasteiger partial charge is 0.310 e. The first-order chi connectivity index (χ1) is 9.69. The molecule has 0 aliphatic heterocycles. The molecule has 2 rings (SSSR count). The molecule has 3 heteroatoms. The van der Waals surface area contributed by atoms with E-state index >= 15 is 0 Å². The van der Waals surface area contributed by atoms with Gasteiger partial charge in [0.15, 0.2) is 0 Å². The summed E-state index contributed by atoms with van der Waals surface area (Å²) in [4.78, 5) is 0. The van der Waals surface area contributed by atoms with E-state index in [4.69, 9.17) is 11.6 Å². The second kappa shape index (κ2) is 8.01. The van der Waals surface area contributed by atoms with Gasteiger partial charge in [-0.2, -0.15) is 0 Å². The maximum Gasteiger partial charge on any atom is 0.0406 e. The fourth-order valence-electron chi connectivity index (χ4n) is 2.18. The van der Waals surface area contributed by atoms with Crippen LogP contribution in [-0.4, -0.2) is 6.54 Å². The summed E-state index contributed by atoms with van der Waals surface area (Å²) in [5, 5.41) is 4.43. The summed E-state index contributed by atoms with van der Waals surface area (Å²) >= 11 is 8.29. The van der Waals surface area contributed by atoms with E-state index in [1.165, 1.54) is 14.7 Å². The van der Waals surface area contributed by atoms with Crippen molar-refractivity contribution in [1.82, 2.24) is 5.32 Å². The summed E-state index contributed by atoms with van der Waals surface area (Å²) in [6.07, 6.45) is 2.12. The zero-order valence-electron chi connectivity index (χ0n) is 11.6. The van der Waals surface area contributed by atoms with Gasteiger partial charge >= 0.3 is 0 Å². The summed E-state index contributed by atoms with van der Waals surface area (Å²) in [7, 11) is 0. The molecular weight excluding hydrogens is 381 g/mol. The molecule has 1 unspecified atom stereocenters. The quantitative estimate of drug-likeness (QED) is 0.656. The van der Waals surface area contributed by atoms with E-state index in [2.05, 4.69) is 71.2 Å². The molecule has 0 fully saturated rings. The fourth-order valence-corrected chi connectivity index (χ4v) is 2.66. The Bertz CT molecular complexity index is 522. The minimum atomic E-state index is 0.355. The molecule has 0 heterocycles. The molecule has 0 spiro atoms. The molecule has 2 aromatic rings. The van der Waals surface area contributed by atoms with Gasteiger partial charge in [0.25, 0.3) is 0 Å². The summed E-state index contributed by atoms with van der Waals surface area (Å²) in [5.41, 5.74) is 2.65. The van der Waals surface area contributed by atoms with Crippen molar-refractivity contribution in [1.29, 1.82) is 0 Å². The molecule has 0 aliphatic carbocycles. The van der Waals surface area contributed by atoms with Crippen molar-refractivity contribution in [3.8, 4) is 0 Å². The topological polar surface area (TPSA) is 12.0 Å². The summed E-state index contributed by atoms with van der Waals surface area (Å²) in [6, 6.07) is 17.2. The van der Waals surface area contributed by atoms with Gasteiger partial charge in [-0.15, -0.1) is 0 Å². The number of nitrogens with one attached hydrogen (secondary N) is 1. The normalized spacial score (nSPS) is 12.3. The molecule has 0 radical (unpaired) electrons. The minimum Gasteiger partial charge on any atom is -0.310 e. The van der Waals surface area contributed by atoms with Crippen molar-refractivity contribution < 1.29 is 0 Å². The highest BCUT2D eigenvalue weighted by Gasteiger charge is 2.11. The molecule has 0 bridgehead atoms. The van der Waals surface area contributed by atoms with E-state index < -0.39 is 0 Å². The fraction of sp³-hybridized carbons (Fsp3) is 0.294. The Labute approximate surface area is 139 Å². The van der Waals surface area contributed by atoms with Crippen LogP contribution in [0, 0.1) is 3.57 Å². The highest BCUT2D eigenvalue weighted by Crippen LogP contribution is 2.21. The lowest BCUT2D eigenvalue weighted by atomic mass is 9.99. The lowest BCUT2D eigenvalue weighted by Gasteiger charge is -2.19. The second-order valence-corrected chi connectivity index (χ2v) is 6.57. The van der Waals surface area contributed by atoms with Crippen LogP contribution < -0.4 is 5.32 Å². The van der Waals surface area contributed by atoms with Crippen LogP contribution in [0.5, 0.6) is 0 Å². The number of rotatable bonds is 6. The van der Waals surface area contributed by atoms with Gasteiger partial charge in [-0.3, -0.25) is 0 Å². The van der Waals surface area contributed by atoms with Crippen LogP contribution in [0.4, 0.5) is 0 Å². The van der Waals surface area contributed by atoms with E-state index in [9.17, 15) is 0 Å². The molecule has 0 saturated carbocycles. The monoisotopic (exact) mass is 399 g/mol. The predicted octanol–water partition coefficient (Wildman–Crippen LogP) is 5.23. The Morgan fingerprint density at radius 1 is 1.05 bits per heavy atom. The van der Waals surface area contributed by atoms with E-state index in [0.29, 0.717) is 6.04 Å². The zero-order chi connectivity index (χ0) is 14.4. The van der Waals surface area contributed by atoms with Gasteiger partial charge < -0.3 is 5.32 Å². The van der Waals surface area contributed by atoms with Crippen LogP contribution in [0.25, 0.3) is 0 Å². The van der Waals surface area contributed by atoms with Crippen molar-refractivity contribution in [3.05, 3.63) is 68.3 Å². The number of hydrogen-bond acceptors (Lipinski definition) is 1. The van der Waals surface area contributed by atoms with E-state index in [-0.39, 0.29) is 0 Å². The summed E-state index contributed by atoms with van der Waals surface area (Å²) in [6.45, 7) is 3.23. The highest BCUT2D eigenvalue weighted by molar-refractivity contribution is 14.1. The van der Waals surface area contributed by atoms with Crippen molar-refractivity contribution in [2.24, 2.45) is 0 Å². The Morgan fingerprint density at radius 2 is 1.70 bits per heavy atom. The summed E-state index contributed by atoms with van der Waals surface area (Å²) < 4.78 is 1.27. The smallest absolute Gasteiger partial charge is 0.0406 e. The Kier molecular flexibility index (Phi) is 6.33. The third-order valence-corrected chi connectivity index (χ3v) is 4.24. The van der Waals surface area contributed by atoms with Crippen LogP contribution in [-0.2, 0) is 6.42 Å². The molecule has 2 aromatic carbocycles. The average molecular weight is 400 g/mol. The van der Waals surface area contributed by atoms with Crippen LogP contribution in [0.3, 0.4) is 0 Å². The van der Waals surface area contributed by atoms with E-state index in [1.807, 2.05) is 12.1 Å². The van der Waals surface area contributed by atoms with Gasteiger partial charge in [0.2, 0.25) is 0 Å². The maximum absolute atomic E-state index is 5.95. The van der Waals surface area contributed by atoms with E-state index in [1.54, 1.807) is 0 Å². The van der Waals surface area contributed by atoms with Gasteiger partial charge in [-0.05, 0) is 77.4 Å². The third-order valence-electron chi connectivity index (χ3n) is 3.27. The van der Waals surface area contributed by atoms with Gasteiger partial charge in [-0.1, -0.05) is 42.8 Å². The molecule has 0 amide bonds. The first-order valence-corrected chi connectivity index (χ1v) is 8.38. The van der Waals surface area contributed by atoms with Gasteiger partial charge in [-0.25, -0.2) is 0 Å². The molecule has 1 atom stereocenters. The van der Waals surface area contributed by atoms with Gasteiger partial charge in [0, 0.05) is 14.6 Å². The van der Waals surface area contributed by atoms with Gasteiger partial charge in [0.05, 0.1) is 0 Å². The minimum absolute atomic E-state index is 0.355. The average Bonchev–Trinajstić information content (AvgIpc) is 2.46. The van der Waals surface area contributed by atoms with Crippen LogP contribution >= 0.6 is 34.2 Å². The molecule has 0 aliphatic rings.